The van der Waals surface area contributed by atoms with E-state index in [0.29, 0.717) is 6.04 Å². The molecule has 1 amide bonds. The van der Waals surface area contributed by atoms with Gasteiger partial charge in [-0.1, -0.05) is 43.5 Å². The first-order valence-electron chi connectivity index (χ1n) is 8.95. The van der Waals surface area contributed by atoms with Gasteiger partial charge in [-0.2, -0.15) is 0 Å². The lowest BCUT2D eigenvalue weighted by atomic mass is 9.94. The molecule has 128 valence electrons. The predicted molar refractivity (Wildman–Crippen MR) is 104 cm³/mol. The Morgan fingerprint density at radius 1 is 1.12 bits per heavy atom. The summed E-state index contributed by atoms with van der Waals surface area (Å²) in [6.45, 7) is 0. The van der Waals surface area contributed by atoms with E-state index in [9.17, 15) is 4.79 Å². The van der Waals surface area contributed by atoms with E-state index in [1.165, 1.54) is 19.3 Å². The lowest BCUT2D eigenvalue weighted by Crippen LogP contribution is -2.38. The number of carbonyl (C=O) groups is 1. The van der Waals surface area contributed by atoms with Gasteiger partial charge in [0.2, 0.25) is 0 Å². The van der Waals surface area contributed by atoms with Crippen molar-refractivity contribution in [2.45, 2.75) is 38.1 Å². The third-order valence-electron chi connectivity index (χ3n) is 5.16. The van der Waals surface area contributed by atoms with Gasteiger partial charge in [0.05, 0.1) is 21.7 Å². The molecule has 2 heterocycles. The fourth-order valence-corrected chi connectivity index (χ4v) is 4.41. The van der Waals surface area contributed by atoms with Crippen LogP contribution in [0, 0.1) is 0 Å². The highest BCUT2D eigenvalue weighted by Crippen LogP contribution is 2.30. The lowest BCUT2D eigenvalue weighted by Gasteiger charge is -2.31. The number of pyridine rings is 1. The maximum Gasteiger partial charge on any atom is 0.254 e. The molecule has 25 heavy (non-hydrogen) atoms. The van der Waals surface area contributed by atoms with E-state index < -0.39 is 0 Å². The molecular weight excluding hydrogens is 328 g/mol. The number of para-hydroxylation sites is 1. The maximum absolute atomic E-state index is 13.3. The average Bonchev–Trinajstić information content (AvgIpc) is 3.21. The topological polar surface area (TPSA) is 33.2 Å². The highest BCUT2D eigenvalue weighted by atomic mass is 32.1. The smallest absolute Gasteiger partial charge is 0.254 e. The number of carbonyl (C=O) groups excluding carboxylic acids is 1. The van der Waals surface area contributed by atoms with Gasteiger partial charge in [-0.3, -0.25) is 4.79 Å². The Bertz CT molecular complexity index is 882. The number of benzene rings is 1. The zero-order valence-electron chi connectivity index (χ0n) is 14.4. The quantitative estimate of drug-likeness (QED) is 0.636. The molecule has 1 fully saturated rings. The van der Waals surface area contributed by atoms with Crippen LogP contribution < -0.4 is 0 Å². The maximum atomic E-state index is 13.3. The Kier molecular flexibility index (Phi) is 4.53. The van der Waals surface area contributed by atoms with Crippen molar-refractivity contribution in [1.29, 1.82) is 0 Å². The minimum absolute atomic E-state index is 0.114. The van der Waals surface area contributed by atoms with Crippen LogP contribution in [-0.2, 0) is 0 Å². The van der Waals surface area contributed by atoms with Gasteiger partial charge < -0.3 is 4.90 Å². The number of nitrogens with zero attached hydrogens (tertiary/aromatic N) is 2. The second kappa shape index (κ2) is 6.96. The van der Waals surface area contributed by atoms with E-state index in [4.69, 9.17) is 4.98 Å². The van der Waals surface area contributed by atoms with E-state index in [1.807, 2.05) is 53.7 Å². The van der Waals surface area contributed by atoms with Crippen molar-refractivity contribution in [3.63, 3.8) is 0 Å². The molecule has 2 aromatic heterocycles. The van der Waals surface area contributed by atoms with Gasteiger partial charge in [-0.25, -0.2) is 4.98 Å². The van der Waals surface area contributed by atoms with Crippen molar-refractivity contribution in [2.75, 3.05) is 7.05 Å². The Morgan fingerprint density at radius 3 is 2.68 bits per heavy atom. The van der Waals surface area contributed by atoms with Gasteiger partial charge in [0.15, 0.2) is 0 Å². The van der Waals surface area contributed by atoms with Gasteiger partial charge in [-0.05, 0) is 36.4 Å². The summed E-state index contributed by atoms with van der Waals surface area (Å²) in [5, 5.41) is 2.98. The molecule has 0 bridgehead atoms. The van der Waals surface area contributed by atoms with Crippen LogP contribution in [-0.4, -0.2) is 28.9 Å². The largest absolute Gasteiger partial charge is 0.339 e. The Labute approximate surface area is 152 Å². The van der Waals surface area contributed by atoms with Crippen molar-refractivity contribution >= 4 is 28.1 Å². The Morgan fingerprint density at radius 2 is 1.92 bits per heavy atom. The van der Waals surface area contributed by atoms with Crippen LogP contribution in [0.2, 0.25) is 0 Å². The number of amides is 1. The van der Waals surface area contributed by atoms with Crippen LogP contribution in [0.3, 0.4) is 0 Å². The summed E-state index contributed by atoms with van der Waals surface area (Å²) in [4.78, 5) is 21.1. The zero-order chi connectivity index (χ0) is 17.2. The minimum Gasteiger partial charge on any atom is -0.339 e. The van der Waals surface area contributed by atoms with Crippen molar-refractivity contribution in [3.8, 4) is 10.6 Å². The summed E-state index contributed by atoms with van der Waals surface area (Å²) in [6.07, 6.45) is 5.96. The van der Waals surface area contributed by atoms with Crippen molar-refractivity contribution < 1.29 is 4.79 Å². The van der Waals surface area contributed by atoms with Crippen LogP contribution in [0.25, 0.3) is 21.5 Å². The van der Waals surface area contributed by atoms with Crippen molar-refractivity contribution in [1.82, 2.24) is 9.88 Å². The summed E-state index contributed by atoms with van der Waals surface area (Å²) >= 11 is 1.65. The average molecular weight is 350 g/mol. The molecule has 4 rings (SSSR count). The summed E-state index contributed by atoms with van der Waals surface area (Å²) < 4.78 is 0. The molecule has 0 saturated heterocycles. The van der Waals surface area contributed by atoms with Gasteiger partial charge in [-0.15, -0.1) is 11.3 Å². The number of fused-ring (bicyclic) bond motifs is 1. The number of thiophene rings is 1. The predicted octanol–water partition coefficient (Wildman–Crippen LogP) is 5.37. The third kappa shape index (κ3) is 3.19. The van der Waals surface area contributed by atoms with Crippen LogP contribution in [0.1, 0.15) is 42.5 Å². The molecule has 0 unspecified atom stereocenters. The normalized spacial score (nSPS) is 15.4. The monoisotopic (exact) mass is 350 g/mol. The molecule has 0 spiro atoms. The number of rotatable bonds is 3. The number of aromatic nitrogens is 1. The summed E-state index contributed by atoms with van der Waals surface area (Å²) in [7, 11) is 1.96. The first kappa shape index (κ1) is 16.3. The molecule has 0 aliphatic heterocycles. The molecule has 1 saturated carbocycles. The summed E-state index contributed by atoms with van der Waals surface area (Å²) in [5.41, 5.74) is 2.53. The van der Waals surface area contributed by atoms with Gasteiger partial charge in [0, 0.05) is 18.5 Å². The number of hydrogen-bond acceptors (Lipinski definition) is 3. The third-order valence-corrected chi connectivity index (χ3v) is 6.06. The molecule has 1 aromatic carbocycles. The summed E-state index contributed by atoms with van der Waals surface area (Å²) in [5.74, 6) is 0.114. The van der Waals surface area contributed by atoms with Crippen LogP contribution in [0.4, 0.5) is 0 Å². The van der Waals surface area contributed by atoms with Crippen LogP contribution >= 0.6 is 11.3 Å². The van der Waals surface area contributed by atoms with Crippen molar-refractivity contribution in [2.24, 2.45) is 0 Å². The lowest BCUT2D eigenvalue weighted by molar-refractivity contribution is 0.0698. The van der Waals surface area contributed by atoms with E-state index >= 15 is 0 Å². The molecular formula is C21H22N2OS. The highest BCUT2D eigenvalue weighted by Gasteiger charge is 2.25. The molecule has 3 aromatic rings. The molecule has 0 N–H and O–H groups in total. The second-order valence-electron chi connectivity index (χ2n) is 6.76. The van der Waals surface area contributed by atoms with E-state index in [1.54, 1.807) is 11.3 Å². The first-order chi connectivity index (χ1) is 12.2. The minimum atomic E-state index is 0.114. The van der Waals surface area contributed by atoms with Crippen molar-refractivity contribution in [3.05, 3.63) is 53.4 Å². The van der Waals surface area contributed by atoms with E-state index in [2.05, 4.69) is 6.07 Å². The fraction of sp³-hybridized carbons (Fsp3) is 0.333. The van der Waals surface area contributed by atoms with Gasteiger partial charge in [0.25, 0.3) is 5.91 Å². The standard InChI is InChI=1S/C21H22N2OS/c1-23(15-8-3-2-4-9-15)21(24)17-14-19(20-12-7-13-25-20)22-18-11-6-5-10-16(17)18/h5-7,10-15H,2-4,8-9H2,1H3. The Hall–Kier alpha value is -2.20. The molecule has 0 radical (unpaired) electrons. The zero-order valence-corrected chi connectivity index (χ0v) is 15.3. The first-order valence-corrected chi connectivity index (χ1v) is 9.83. The van der Waals surface area contributed by atoms with E-state index in [-0.39, 0.29) is 5.91 Å². The fourth-order valence-electron chi connectivity index (χ4n) is 3.73. The van der Waals surface area contributed by atoms with Gasteiger partial charge in [0.1, 0.15) is 0 Å². The second-order valence-corrected chi connectivity index (χ2v) is 7.71. The molecule has 3 nitrogen and oxygen atoms in total. The molecule has 1 aliphatic rings. The van der Waals surface area contributed by atoms with Crippen LogP contribution in [0.15, 0.2) is 47.8 Å². The van der Waals surface area contributed by atoms with Gasteiger partial charge >= 0.3 is 0 Å². The Balaban J connectivity index is 1.78. The molecule has 1 aliphatic carbocycles. The molecule has 4 heteroatoms. The molecule has 0 atom stereocenters. The highest BCUT2D eigenvalue weighted by molar-refractivity contribution is 7.13. The van der Waals surface area contributed by atoms with E-state index in [0.717, 1.165) is 39.9 Å². The SMILES string of the molecule is CN(C(=O)c1cc(-c2cccs2)nc2ccccc12)C1CCCCC1. The summed E-state index contributed by atoms with van der Waals surface area (Å²) in [6, 6.07) is 14.4. The number of hydrogen-bond donors (Lipinski definition) is 0. The van der Waals surface area contributed by atoms with Crippen LogP contribution in [0.5, 0.6) is 0 Å².